The molecule has 0 fully saturated rings. The summed E-state index contributed by atoms with van der Waals surface area (Å²) in [5.41, 5.74) is 2.92. The van der Waals surface area contributed by atoms with Gasteiger partial charge in [-0.05, 0) is 42.7 Å². The Morgan fingerprint density at radius 3 is 2.55 bits per heavy atom. The van der Waals surface area contributed by atoms with E-state index in [0.717, 1.165) is 53.6 Å². The third-order valence-corrected chi connectivity index (χ3v) is 5.10. The number of ether oxygens (including phenoxy) is 4. The summed E-state index contributed by atoms with van der Waals surface area (Å²) in [6.45, 7) is 8.41. The van der Waals surface area contributed by atoms with Crippen LogP contribution >= 0.6 is 0 Å². The maximum atomic E-state index is 5.74. The van der Waals surface area contributed by atoms with Crippen LogP contribution in [0.4, 0.5) is 0 Å². The number of imidazole rings is 1. The summed E-state index contributed by atoms with van der Waals surface area (Å²) in [7, 11) is 3.31. The van der Waals surface area contributed by atoms with Crippen molar-refractivity contribution < 1.29 is 18.9 Å². The van der Waals surface area contributed by atoms with Crippen LogP contribution in [-0.2, 0) is 11.3 Å². The highest BCUT2D eigenvalue weighted by molar-refractivity contribution is 5.83. The van der Waals surface area contributed by atoms with Crippen molar-refractivity contribution in [2.45, 2.75) is 19.9 Å². The molecule has 0 aliphatic rings. The molecule has 0 N–H and O–H groups in total. The first-order valence-corrected chi connectivity index (χ1v) is 11.1. The fraction of sp³-hybridized carbons (Fsp3) is 0.296. The molecule has 0 aliphatic carbocycles. The van der Waals surface area contributed by atoms with Crippen LogP contribution in [0.5, 0.6) is 17.2 Å². The van der Waals surface area contributed by atoms with Gasteiger partial charge in [0, 0.05) is 38.2 Å². The summed E-state index contributed by atoms with van der Waals surface area (Å²) in [6.07, 6.45) is 10.5. The van der Waals surface area contributed by atoms with Gasteiger partial charge in [0.15, 0.2) is 0 Å². The minimum atomic E-state index is 0.485. The molecule has 6 heteroatoms. The molecule has 33 heavy (non-hydrogen) atoms. The summed E-state index contributed by atoms with van der Waals surface area (Å²) in [5.74, 6) is 3.08. The van der Waals surface area contributed by atoms with Crippen molar-refractivity contribution in [2.24, 2.45) is 0 Å². The van der Waals surface area contributed by atoms with Crippen molar-refractivity contribution in [3.8, 4) is 28.6 Å². The number of benzene rings is 2. The number of methoxy groups -OCH3 is 2. The zero-order valence-electron chi connectivity index (χ0n) is 19.6. The van der Waals surface area contributed by atoms with Crippen molar-refractivity contribution >= 4 is 12.2 Å². The monoisotopic (exact) mass is 448 g/mol. The fourth-order valence-electron chi connectivity index (χ4n) is 3.48. The first-order valence-electron chi connectivity index (χ1n) is 11.1. The molecular formula is C27H32N2O4. The Morgan fingerprint density at radius 1 is 1.03 bits per heavy atom. The molecule has 0 atom stereocenters. The van der Waals surface area contributed by atoms with Gasteiger partial charge in [-0.3, -0.25) is 0 Å². The van der Waals surface area contributed by atoms with E-state index < -0.39 is 0 Å². The van der Waals surface area contributed by atoms with Crippen LogP contribution < -0.4 is 14.2 Å². The van der Waals surface area contributed by atoms with Gasteiger partial charge < -0.3 is 23.5 Å². The van der Waals surface area contributed by atoms with Crippen molar-refractivity contribution in [3.05, 3.63) is 72.6 Å². The van der Waals surface area contributed by atoms with Gasteiger partial charge in [0.05, 0.1) is 19.8 Å². The number of hydrogen-bond acceptors (Lipinski definition) is 5. The molecule has 0 amide bonds. The lowest BCUT2D eigenvalue weighted by molar-refractivity contribution is 0.142. The van der Waals surface area contributed by atoms with Gasteiger partial charge in [0.1, 0.15) is 29.7 Å². The highest BCUT2D eigenvalue weighted by Gasteiger charge is 2.17. The molecule has 3 rings (SSSR count). The van der Waals surface area contributed by atoms with Gasteiger partial charge in [-0.2, -0.15) is 0 Å². The molecule has 0 unspecified atom stereocenters. The van der Waals surface area contributed by atoms with Crippen LogP contribution in [0.1, 0.15) is 24.5 Å². The Kier molecular flexibility index (Phi) is 9.15. The molecular weight excluding hydrogens is 416 g/mol. The number of aryl methyl sites for hydroxylation is 1. The second kappa shape index (κ2) is 12.5. The summed E-state index contributed by atoms with van der Waals surface area (Å²) in [6, 6.07) is 11.8. The smallest absolute Gasteiger partial charge is 0.144 e. The predicted octanol–water partition coefficient (Wildman–Crippen LogP) is 5.73. The lowest BCUT2D eigenvalue weighted by atomic mass is 10.0. The van der Waals surface area contributed by atoms with Gasteiger partial charge in [-0.25, -0.2) is 4.98 Å². The number of nitrogens with zero attached hydrogens (tertiary/aromatic N) is 2. The van der Waals surface area contributed by atoms with E-state index in [1.807, 2.05) is 55.7 Å². The first kappa shape index (κ1) is 24.1. The van der Waals surface area contributed by atoms with Crippen LogP contribution in [0.2, 0.25) is 0 Å². The molecule has 0 spiro atoms. The summed E-state index contributed by atoms with van der Waals surface area (Å²) >= 11 is 0. The van der Waals surface area contributed by atoms with E-state index in [2.05, 4.69) is 28.3 Å². The second-order valence-corrected chi connectivity index (χ2v) is 7.29. The Bertz CT molecular complexity index is 1050. The molecule has 1 aromatic heterocycles. The lowest BCUT2D eigenvalue weighted by Gasteiger charge is -2.16. The average molecular weight is 449 g/mol. The highest BCUT2D eigenvalue weighted by Crippen LogP contribution is 2.37. The van der Waals surface area contributed by atoms with E-state index in [1.54, 1.807) is 20.3 Å². The molecule has 0 saturated carbocycles. The SMILES string of the molecule is C=CCOc1ccc(C=Cc2cc(OC)cc(OC)c2-c2nccn2CCCOCC)cc1. The molecule has 0 bridgehead atoms. The molecule has 3 aromatic rings. The Balaban J connectivity index is 1.94. The third-order valence-electron chi connectivity index (χ3n) is 5.10. The van der Waals surface area contributed by atoms with Gasteiger partial charge in [-0.15, -0.1) is 0 Å². The summed E-state index contributed by atoms with van der Waals surface area (Å²) in [5, 5.41) is 0. The Labute approximate surface area is 196 Å². The molecule has 1 heterocycles. The fourth-order valence-corrected chi connectivity index (χ4v) is 3.48. The summed E-state index contributed by atoms with van der Waals surface area (Å²) < 4.78 is 24.4. The number of aromatic nitrogens is 2. The van der Waals surface area contributed by atoms with Crippen molar-refractivity contribution in [1.29, 1.82) is 0 Å². The molecule has 0 aliphatic heterocycles. The maximum absolute atomic E-state index is 5.74. The van der Waals surface area contributed by atoms with Gasteiger partial charge in [0.25, 0.3) is 0 Å². The second-order valence-electron chi connectivity index (χ2n) is 7.29. The molecule has 0 radical (unpaired) electrons. The quantitative estimate of drug-likeness (QED) is 0.190. The highest BCUT2D eigenvalue weighted by atomic mass is 16.5. The Morgan fingerprint density at radius 2 is 1.85 bits per heavy atom. The largest absolute Gasteiger partial charge is 0.497 e. The van der Waals surface area contributed by atoms with Crippen LogP contribution in [0, 0.1) is 0 Å². The molecule has 174 valence electrons. The standard InChI is InChI=1S/C27H32N2O4/c1-5-17-33-23-12-9-21(10-13-23)8-11-22-19-24(30-3)20-25(31-4)26(22)27-28-14-16-29(27)15-7-18-32-6-2/h5,8-14,16,19-20H,1,6-7,15,17-18H2,2-4H3. The number of hydrogen-bond donors (Lipinski definition) is 0. The maximum Gasteiger partial charge on any atom is 0.144 e. The van der Waals surface area contributed by atoms with Crippen LogP contribution in [0.3, 0.4) is 0 Å². The third kappa shape index (κ3) is 6.49. The van der Waals surface area contributed by atoms with Crippen molar-refractivity contribution in [1.82, 2.24) is 9.55 Å². The molecule has 0 saturated heterocycles. The minimum Gasteiger partial charge on any atom is -0.497 e. The van der Waals surface area contributed by atoms with Crippen LogP contribution in [0.15, 0.2) is 61.4 Å². The zero-order chi connectivity index (χ0) is 23.5. The van der Waals surface area contributed by atoms with Gasteiger partial charge in [0.2, 0.25) is 0 Å². The Hall–Kier alpha value is -3.51. The lowest BCUT2D eigenvalue weighted by Crippen LogP contribution is -2.05. The normalized spacial score (nSPS) is 11.0. The van der Waals surface area contributed by atoms with Crippen LogP contribution in [0.25, 0.3) is 23.5 Å². The molecule has 2 aromatic carbocycles. The van der Waals surface area contributed by atoms with Crippen molar-refractivity contribution in [3.63, 3.8) is 0 Å². The van der Waals surface area contributed by atoms with E-state index in [1.165, 1.54) is 0 Å². The van der Waals surface area contributed by atoms with E-state index in [9.17, 15) is 0 Å². The minimum absolute atomic E-state index is 0.485. The number of rotatable bonds is 13. The van der Waals surface area contributed by atoms with E-state index in [4.69, 9.17) is 18.9 Å². The topological polar surface area (TPSA) is 54.7 Å². The van der Waals surface area contributed by atoms with E-state index in [0.29, 0.717) is 19.0 Å². The van der Waals surface area contributed by atoms with Crippen molar-refractivity contribution in [2.75, 3.05) is 34.0 Å². The van der Waals surface area contributed by atoms with E-state index in [-0.39, 0.29) is 0 Å². The molecule has 6 nitrogen and oxygen atoms in total. The first-order chi connectivity index (χ1) is 16.2. The summed E-state index contributed by atoms with van der Waals surface area (Å²) in [4.78, 5) is 4.65. The van der Waals surface area contributed by atoms with Crippen LogP contribution in [-0.4, -0.2) is 43.6 Å². The van der Waals surface area contributed by atoms with Gasteiger partial charge >= 0.3 is 0 Å². The van der Waals surface area contributed by atoms with Gasteiger partial charge in [-0.1, -0.05) is 36.9 Å². The van der Waals surface area contributed by atoms with E-state index >= 15 is 0 Å². The average Bonchev–Trinajstić information content (AvgIpc) is 3.32. The zero-order valence-corrected chi connectivity index (χ0v) is 19.6. The predicted molar refractivity (Wildman–Crippen MR) is 133 cm³/mol.